The molecular weight excluding hydrogens is 1580 g/mol. The van der Waals surface area contributed by atoms with Crippen molar-refractivity contribution in [3.63, 3.8) is 0 Å². The molecule has 8 N–H and O–H groups in total. The molecule has 9 aliphatic rings. The highest BCUT2D eigenvalue weighted by atomic mass is 19.1. The van der Waals surface area contributed by atoms with Gasteiger partial charge in [-0.2, -0.15) is 40.8 Å². The summed E-state index contributed by atoms with van der Waals surface area (Å²) in [7, 11) is 3.69. The quantitative estimate of drug-likeness (QED) is 0.0331. The predicted molar refractivity (Wildman–Crippen MR) is 490 cm³/mol. The first kappa shape index (κ1) is 86.0. The molecule has 0 spiro atoms. The monoisotopic (exact) mass is 1710 g/mol. The lowest BCUT2D eigenvalue weighted by molar-refractivity contribution is 0.0771. The Morgan fingerprint density at radius 2 is 0.675 bits per heavy atom. The Kier molecular flexibility index (Phi) is 25.5. The van der Waals surface area contributed by atoms with Gasteiger partial charge in [0.25, 0.3) is 23.6 Å². The number of amides is 4. The first-order valence-corrected chi connectivity index (χ1v) is 46.7. The average molecular weight is 1710 g/mol. The molecule has 5 saturated carbocycles. The summed E-state index contributed by atoms with van der Waals surface area (Å²) in [5, 5.41) is 62.6. The molecule has 0 radical (unpaired) electrons. The van der Waals surface area contributed by atoms with Crippen LogP contribution in [0.5, 0.6) is 0 Å². The summed E-state index contributed by atoms with van der Waals surface area (Å²) in [4.78, 5) is 62.4. The molecule has 28 nitrogen and oxygen atoms in total. The van der Waals surface area contributed by atoms with Gasteiger partial charge in [0.15, 0.2) is 22.8 Å². The molecule has 29 heteroatoms. The highest BCUT2D eigenvalue weighted by Gasteiger charge is 2.36. The van der Waals surface area contributed by atoms with E-state index >= 15 is 0 Å². The molecule has 12 aromatic rings. The van der Waals surface area contributed by atoms with Crippen LogP contribution in [0.15, 0.2) is 116 Å². The number of H-pyrrole nitrogens is 4. The maximum Gasteiger partial charge on any atom is 0.272 e. The minimum absolute atomic E-state index is 0.0675. The van der Waals surface area contributed by atoms with E-state index in [4.69, 9.17) is 0 Å². The average Bonchev–Trinajstić information content (AvgIpc) is 1.63. The number of halogens is 1. The van der Waals surface area contributed by atoms with Crippen molar-refractivity contribution in [2.75, 3.05) is 78.5 Å². The zero-order valence-electron chi connectivity index (χ0n) is 74.9. The molecule has 21 rings (SSSR count). The number of fused-ring (bicyclic) bond motifs is 4. The van der Waals surface area contributed by atoms with Crippen molar-refractivity contribution in [2.24, 2.45) is 61.4 Å². The standard InChI is InChI=1S/C26H36N6O.C25H32N6O.C23H29FN6O.C23H30N6O/c1-17-13-31(14-17)15-18-5-8-21(9-6-18)28-25(33)24-22-11-19(7-10-23(22)29-30-24)20-12-27-32(16-20)26(2,3)4;1-16-12-30(13-16)14-17-2-5-20(6-3-17)27-25(32)24-22-10-18(4-9-23(22)28-29-24)19-11-26-31(15-19)21-7-8-21;1-14-10-30(11-14)12-15-3-5-17(6-4-15)26-23(31)22-19-7-18(16-9-25-29(2)13-16)20(24)8-21(19)27-28-22;1-15-11-29(12-15)13-16-3-6-19(7-4-16)25-23(30)22-20-9-17(5-8-21(20)26-27-22)18-10-24-28(2)14-18/h7,10-12,16-18,21H,5-6,8-9,13-15H2,1-4H3,(H,28,33)(H,29,30);4,9-11,15-17,20-21H,2-3,5-8,12-14H2,1H3,(H,27,32)(H,28,29);7-9,13-15,17H,3-6,10-12H2,1-2H3,(H,26,31)(H,27,28);5,8-10,14-16,19H,3-4,6-7,11-13H2,1-2H3,(H,25,30)(H,26,27). The van der Waals surface area contributed by atoms with Crippen LogP contribution in [0.25, 0.3) is 88.1 Å². The molecule has 4 aliphatic heterocycles. The zero-order valence-corrected chi connectivity index (χ0v) is 74.9. The van der Waals surface area contributed by atoms with Crippen molar-refractivity contribution in [1.82, 2.24) is 121 Å². The lowest BCUT2D eigenvalue weighted by Gasteiger charge is -2.41. The third kappa shape index (κ3) is 20.3. The Labute approximate surface area is 736 Å². The predicted octanol–water partition coefficient (Wildman–Crippen LogP) is 15.0. The highest BCUT2D eigenvalue weighted by Crippen LogP contribution is 2.39. The number of carbonyl (C=O) groups excluding carboxylic acids is 4. The van der Waals surface area contributed by atoms with Gasteiger partial charge in [-0.15, -0.1) is 0 Å². The molecule has 666 valence electrons. The van der Waals surface area contributed by atoms with Crippen molar-refractivity contribution in [2.45, 2.75) is 200 Å². The summed E-state index contributed by atoms with van der Waals surface area (Å²) in [6.45, 7) is 30.5. The number of likely N-dealkylation sites (tertiary alicyclic amines) is 4. The fourth-order valence-electron chi connectivity index (χ4n) is 20.9. The van der Waals surface area contributed by atoms with Crippen LogP contribution in [-0.4, -0.2) is 226 Å². The van der Waals surface area contributed by atoms with Gasteiger partial charge < -0.3 is 40.9 Å². The molecule has 4 aromatic carbocycles. The van der Waals surface area contributed by atoms with Gasteiger partial charge in [0, 0.05) is 197 Å². The van der Waals surface area contributed by atoms with Gasteiger partial charge in [0.2, 0.25) is 0 Å². The summed E-state index contributed by atoms with van der Waals surface area (Å²) in [5.74, 6) is 5.69. The van der Waals surface area contributed by atoms with Crippen molar-refractivity contribution < 1.29 is 23.6 Å². The van der Waals surface area contributed by atoms with Crippen LogP contribution < -0.4 is 21.3 Å². The third-order valence-corrected chi connectivity index (χ3v) is 28.1. The fourth-order valence-corrected chi connectivity index (χ4v) is 20.9. The molecule has 0 unspecified atom stereocenters. The van der Waals surface area contributed by atoms with E-state index in [0.29, 0.717) is 50.8 Å². The minimum atomic E-state index is -0.369. The summed E-state index contributed by atoms with van der Waals surface area (Å²) in [6.07, 6.45) is 35.4. The molecule has 0 atom stereocenters. The largest absolute Gasteiger partial charge is 0.348 e. The van der Waals surface area contributed by atoms with Gasteiger partial charge in [0.1, 0.15) is 5.82 Å². The Bertz CT molecular complexity index is 5770. The van der Waals surface area contributed by atoms with Crippen LogP contribution in [0.2, 0.25) is 0 Å². The van der Waals surface area contributed by atoms with E-state index in [1.54, 1.807) is 34.9 Å². The van der Waals surface area contributed by atoms with E-state index in [-0.39, 0.29) is 59.2 Å². The molecule has 8 aromatic heterocycles. The number of hydrogen-bond acceptors (Lipinski definition) is 16. The second kappa shape index (κ2) is 37.3. The number of carbonyl (C=O) groups is 4. The Morgan fingerprint density at radius 3 is 0.992 bits per heavy atom. The van der Waals surface area contributed by atoms with Gasteiger partial charge in [-0.1, -0.05) is 45.9 Å². The topological polar surface area (TPSA) is 315 Å². The molecule has 4 amide bonds. The Balaban J connectivity index is 0.000000114. The van der Waals surface area contributed by atoms with Gasteiger partial charge in [0.05, 0.1) is 58.4 Å². The molecule has 4 saturated heterocycles. The van der Waals surface area contributed by atoms with E-state index in [2.05, 4.69) is 180 Å². The normalized spacial score (nSPS) is 23.1. The Hall–Kier alpha value is -10.8. The van der Waals surface area contributed by atoms with Gasteiger partial charge in [-0.05, 0) is 243 Å². The second-order valence-electron chi connectivity index (χ2n) is 40.1. The number of nitrogens with zero attached hydrogens (tertiary/aromatic N) is 16. The molecule has 5 aliphatic carbocycles. The second-order valence-corrected chi connectivity index (χ2v) is 40.1. The summed E-state index contributed by atoms with van der Waals surface area (Å²) in [5.41, 5.74) is 12.2. The zero-order chi connectivity index (χ0) is 87.0. The minimum Gasteiger partial charge on any atom is -0.348 e. The summed E-state index contributed by atoms with van der Waals surface area (Å²) >= 11 is 0. The fraction of sp³-hybridized carbons (Fsp3) is 0.546. The number of aromatic amines is 4. The summed E-state index contributed by atoms with van der Waals surface area (Å²) < 4.78 is 22.0. The number of hydrogen-bond donors (Lipinski definition) is 8. The molecule has 9 fully saturated rings. The molecule has 0 bridgehead atoms. The number of rotatable bonds is 21. The van der Waals surface area contributed by atoms with Crippen LogP contribution in [0.3, 0.4) is 0 Å². The van der Waals surface area contributed by atoms with E-state index in [0.717, 1.165) is 178 Å². The van der Waals surface area contributed by atoms with Crippen molar-refractivity contribution in [3.05, 3.63) is 145 Å². The first-order valence-electron chi connectivity index (χ1n) is 46.7. The van der Waals surface area contributed by atoms with Gasteiger partial charge in [-0.25, -0.2) is 4.39 Å². The van der Waals surface area contributed by atoms with Crippen LogP contribution in [-0.2, 0) is 19.6 Å². The van der Waals surface area contributed by atoms with Crippen LogP contribution in [0.4, 0.5) is 4.39 Å². The van der Waals surface area contributed by atoms with Crippen LogP contribution >= 0.6 is 0 Å². The van der Waals surface area contributed by atoms with E-state index in [1.807, 2.05) is 79.0 Å². The van der Waals surface area contributed by atoms with Gasteiger partial charge >= 0.3 is 0 Å². The SMILES string of the molecule is CC1CN(CC2CCC(NC(=O)c3n[nH]c4cc(F)c(-c5cnn(C)c5)cc34)CC2)C1.CC1CN(CC2CCC(NC(=O)c3n[nH]c4ccc(-c5cnn(C(C)(C)C)c5)cc34)CC2)C1.CC1CN(CC2CCC(NC(=O)c3n[nH]c4ccc(-c5cnn(C)c5)cc34)CC2)C1.CC1CN(CC2CCC(NC(=O)c3n[nH]c4ccc(-c5cnn(C6CC6)c5)cc34)CC2)C1. The van der Waals surface area contributed by atoms with E-state index in [9.17, 15) is 23.6 Å². The summed E-state index contributed by atoms with van der Waals surface area (Å²) in [6, 6.07) is 22.8. The maximum absolute atomic E-state index is 14.6. The highest BCUT2D eigenvalue weighted by molar-refractivity contribution is 6.08. The first-order chi connectivity index (χ1) is 60.9. The van der Waals surface area contributed by atoms with E-state index < -0.39 is 0 Å². The molecular formula is C97H127FN24O4. The lowest BCUT2D eigenvalue weighted by atomic mass is 9.84. The van der Waals surface area contributed by atoms with E-state index in [1.165, 1.54) is 136 Å². The van der Waals surface area contributed by atoms with Crippen LogP contribution in [0, 0.1) is 53.2 Å². The molecule has 12 heterocycles. The number of nitrogens with one attached hydrogen (secondary N) is 8. The van der Waals surface area contributed by atoms with Gasteiger partial charge in [-0.3, -0.25) is 58.3 Å². The third-order valence-electron chi connectivity index (χ3n) is 28.1. The van der Waals surface area contributed by atoms with Crippen molar-refractivity contribution in [3.8, 4) is 44.5 Å². The van der Waals surface area contributed by atoms with Crippen LogP contribution in [0.1, 0.15) is 212 Å². The number of benzene rings is 4. The van der Waals surface area contributed by atoms with Crippen molar-refractivity contribution in [1.29, 1.82) is 0 Å². The smallest absolute Gasteiger partial charge is 0.272 e. The number of aryl methyl sites for hydroxylation is 2. The van der Waals surface area contributed by atoms with Crippen molar-refractivity contribution >= 4 is 67.2 Å². The molecule has 126 heavy (non-hydrogen) atoms. The maximum atomic E-state index is 14.6. The Morgan fingerprint density at radius 1 is 0.365 bits per heavy atom. The lowest BCUT2D eigenvalue weighted by Crippen LogP contribution is -2.48. The number of aromatic nitrogens is 16.